The first-order chi connectivity index (χ1) is 13.2. The average molecular weight is 395 g/mol. The Labute approximate surface area is 163 Å². The number of rotatable bonds is 5. The number of halogens is 1. The molecule has 0 bridgehead atoms. The molecule has 4 rings (SSSR count). The smallest absolute Gasteiger partial charge is 0.336 e. The molecule has 0 amide bonds. The third-order valence-electron chi connectivity index (χ3n) is 5.61. The van der Waals surface area contributed by atoms with Gasteiger partial charge in [0.15, 0.2) is 11.3 Å². The summed E-state index contributed by atoms with van der Waals surface area (Å²) < 4.78 is 17.0. The molecule has 146 valence electrons. The van der Waals surface area contributed by atoms with Gasteiger partial charge in [-0.25, -0.2) is 4.79 Å². The van der Waals surface area contributed by atoms with Crippen LogP contribution < -0.4 is 20.2 Å². The second-order valence-corrected chi connectivity index (χ2v) is 7.83. The fraction of sp³-hybridized carbons (Fsp3) is 0.550. The number of hydrogen-bond acceptors (Lipinski definition) is 4. The molecule has 1 aromatic heterocycles. The fourth-order valence-electron chi connectivity index (χ4n) is 4.12. The zero-order valence-electron chi connectivity index (χ0n) is 15.7. The molecule has 2 aromatic rings. The molecule has 6 nitrogen and oxygen atoms in total. The first kappa shape index (κ1) is 18.7. The van der Waals surface area contributed by atoms with Crippen molar-refractivity contribution in [3.8, 4) is 5.75 Å². The second-order valence-electron chi connectivity index (χ2n) is 7.42. The van der Waals surface area contributed by atoms with Crippen LogP contribution >= 0.6 is 11.6 Å². The van der Waals surface area contributed by atoms with Crippen LogP contribution in [0.3, 0.4) is 0 Å². The van der Waals surface area contributed by atoms with Crippen LogP contribution in [-0.4, -0.2) is 46.1 Å². The lowest BCUT2D eigenvalue weighted by Crippen LogP contribution is -3.16. The molecule has 0 aliphatic carbocycles. The zero-order chi connectivity index (χ0) is 18.8. The molecule has 2 aliphatic heterocycles. The van der Waals surface area contributed by atoms with E-state index in [1.165, 1.54) is 4.90 Å². The molecule has 0 saturated carbocycles. The summed E-state index contributed by atoms with van der Waals surface area (Å²) in [6, 6.07) is 3.43. The van der Waals surface area contributed by atoms with Gasteiger partial charge in [-0.2, -0.15) is 0 Å². The van der Waals surface area contributed by atoms with E-state index in [4.69, 9.17) is 25.5 Å². The number of aryl methyl sites for hydroxylation is 1. The highest BCUT2D eigenvalue weighted by Crippen LogP contribution is 2.37. The number of ether oxygens (including phenoxy) is 2. The first-order valence-corrected chi connectivity index (χ1v) is 10.2. The van der Waals surface area contributed by atoms with Crippen molar-refractivity contribution in [1.29, 1.82) is 0 Å². The van der Waals surface area contributed by atoms with Crippen molar-refractivity contribution in [3.63, 3.8) is 0 Å². The van der Waals surface area contributed by atoms with Crippen LogP contribution in [0.1, 0.15) is 24.5 Å². The predicted octanol–water partition coefficient (Wildman–Crippen LogP) is 0.0488. The van der Waals surface area contributed by atoms with Crippen LogP contribution in [0.15, 0.2) is 21.3 Å². The first-order valence-electron chi connectivity index (χ1n) is 9.81. The van der Waals surface area contributed by atoms with Crippen molar-refractivity contribution in [1.82, 2.24) is 0 Å². The molecule has 1 unspecified atom stereocenters. The van der Waals surface area contributed by atoms with Gasteiger partial charge >= 0.3 is 5.63 Å². The van der Waals surface area contributed by atoms with Crippen molar-refractivity contribution < 1.29 is 23.7 Å². The van der Waals surface area contributed by atoms with Crippen LogP contribution in [0.2, 0.25) is 5.02 Å². The second kappa shape index (κ2) is 8.19. The summed E-state index contributed by atoms with van der Waals surface area (Å²) in [7, 11) is 0. The Kier molecular flexibility index (Phi) is 5.68. The van der Waals surface area contributed by atoms with Gasteiger partial charge in [0, 0.05) is 17.9 Å². The maximum atomic E-state index is 12.0. The van der Waals surface area contributed by atoms with Gasteiger partial charge in [0.05, 0.1) is 36.9 Å². The summed E-state index contributed by atoms with van der Waals surface area (Å²) in [5.74, 6) is 0.670. The van der Waals surface area contributed by atoms with Crippen LogP contribution in [0.5, 0.6) is 5.75 Å². The van der Waals surface area contributed by atoms with Gasteiger partial charge in [-0.1, -0.05) is 18.5 Å². The molecule has 1 fully saturated rings. The number of morpholine rings is 1. The minimum absolute atomic E-state index is 0.313. The van der Waals surface area contributed by atoms with Crippen molar-refractivity contribution in [2.75, 3.05) is 46.1 Å². The Hall–Kier alpha value is -1.60. The van der Waals surface area contributed by atoms with E-state index in [0.717, 1.165) is 75.3 Å². The maximum Gasteiger partial charge on any atom is 0.336 e. The van der Waals surface area contributed by atoms with Gasteiger partial charge in [0.2, 0.25) is 6.73 Å². The topological polar surface area (TPSA) is 57.5 Å². The van der Waals surface area contributed by atoms with Gasteiger partial charge in [0.1, 0.15) is 19.6 Å². The highest BCUT2D eigenvalue weighted by Gasteiger charge is 2.27. The van der Waals surface area contributed by atoms with Crippen LogP contribution in [0.25, 0.3) is 11.0 Å². The molecule has 2 aliphatic rings. The van der Waals surface area contributed by atoms with E-state index >= 15 is 0 Å². The molecule has 0 radical (unpaired) electrons. The Balaban J connectivity index is 1.53. The molecule has 3 heterocycles. The molecule has 1 atom stereocenters. The Morgan fingerprint density at radius 2 is 1.93 bits per heavy atom. The predicted molar refractivity (Wildman–Crippen MR) is 103 cm³/mol. The lowest BCUT2D eigenvalue weighted by Gasteiger charge is -2.28. The van der Waals surface area contributed by atoms with E-state index in [9.17, 15) is 4.79 Å². The molecular weight excluding hydrogens is 368 g/mol. The molecular formula is C20H27ClN2O4+2. The molecule has 27 heavy (non-hydrogen) atoms. The van der Waals surface area contributed by atoms with Crippen LogP contribution in [0.4, 0.5) is 0 Å². The van der Waals surface area contributed by atoms with Crippen molar-refractivity contribution in [2.24, 2.45) is 0 Å². The molecule has 7 heteroatoms. The van der Waals surface area contributed by atoms with Gasteiger partial charge in [-0.15, -0.1) is 0 Å². The average Bonchev–Trinajstić information content (AvgIpc) is 2.69. The molecule has 1 aromatic carbocycles. The lowest BCUT2D eigenvalue weighted by atomic mass is 10.0. The number of quaternary nitrogens is 2. The van der Waals surface area contributed by atoms with Gasteiger partial charge < -0.3 is 18.8 Å². The third-order valence-corrected chi connectivity index (χ3v) is 5.89. The quantitative estimate of drug-likeness (QED) is 0.704. The van der Waals surface area contributed by atoms with E-state index < -0.39 is 0 Å². The van der Waals surface area contributed by atoms with Gasteiger partial charge in [-0.3, -0.25) is 4.90 Å². The third kappa shape index (κ3) is 3.99. The Morgan fingerprint density at radius 3 is 2.70 bits per heavy atom. The van der Waals surface area contributed by atoms with Crippen molar-refractivity contribution >= 4 is 22.6 Å². The molecule has 1 saturated heterocycles. The van der Waals surface area contributed by atoms with E-state index in [1.54, 1.807) is 11.0 Å². The van der Waals surface area contributed by atoms with Gasteiger partial charge in [0.25, 0.3) is 0 Å². The molecule has 2 N–H and O–H groups in total. The number of nitrogens with one attached hydrogen (secondary N) is 2. The highest BCUT2D eigenvalue weighted by atomic mass is 35.5. The normalized spacial score (nSPS) is 20.4. The largest absolute Gasteiger partial charge is 0.443 e. The standard InChI is InChI=1S/C20H25ClN2O4/c1-2-14-10-18(24)27-19-15(14)11-17(21)20-16(19)12-23(13-26-20)5-3-4-22-6-8-25-9-7-22/h10-11H,2-9,12-13H2,1H3/p+2. The van der Waals surface area contributed by atoms with Crippen molar-refractivity contribution in [3.05, 3.63) is 38.7 Å². The maximum absolute atomic E-state index is 12.0. The van der Waals surface area contributed by atoms with Crippen LogP contribution in [0, 0.1) is 0 Å². The summed E-state index contributed by atoms with van der Waals surface area (Å²) >= 11 is 6.47. The van der Waals surface area contributed by atoms with E-state index in [-0.39, 0.29) is 5.63 Å². The lowest BCUT2D eigenvalue weighted by molar-refractivity contribution is -0.942. The Bertz CT molecular complexity index is 876. The number of hydrogen-bond donors (Lipinski definition) is 2. The van der Waals surface area contributed by atoms with Crippen LogP contribution in [-0.2, 0) is 17.7 Å². The van der Waals surface area contributed by atoms with Crippen molar-refractivity contribution in [2.45, 2.75) is 26.3 Å². The Morgan fingerprint density at radius 1 is 1.15 bits per heavy atom. The van der Waals surface area contributed by atoms with Gasteiger partial charge in [-0.05, 0) is 18.1 Å². The minimum Gasteiger partial charge on any atom is -0.443 e. The summed E-state index contributed by atoms with van der Waals surface area (Å²) in [5, 5.41) is 1.52. The number of benzene rings is 1. The van der Waals surface area contributed by atoms with E-state index in [2.05, 4.69) is 0 Å². The summed E-state index contributed by atoms with van der Waals surface area (Å²) in [6.45, 7) is 9.50. The highest BCUT2D eigenvalue weighted by molar-refractivity contribution is 6.33. The van der Waals surface area contributed by atoms with E-state index in [0.29, 0.717) is 23.1 Å². The summed E-state index contributed by atoms with van der Waals surface area (Å²) in [4.78, 5) is 15.0. The molecule has 0 spiro atoms. The monoisotopic (exact) mass is 394 g/mol. The zero-order valence-corrected chi connectivity index (χ0v) is 16.5. The van der Waals surface area contributed by atoms with E-state index in [1.807, 2.05) is 13.0 Å². The summed E-state index contributed by atoms with van der Waals surface area (Å²) in [6.07, 6.45) is 1.89. The summed E-state index contributed by atoms with van der Waals surface area (Å²) in [5.41, 5.74) is 2.21. The minimum atomic E-state index is -0.313. The fourth-order valence-corrected chi connectivity index (χ4v) is 4.39. The SMILES string of the molecule is CCc1cc(=O)oc2c3c(c(Cl)cc12)OC[NH+](CCC[NH+]1CCOCC1)C3. The number of fused-ring (bicyclic) bond motifs is 3.